The number of carbonyl (C=O) groups excluding carboxylic acids is 1. The Bertz CT molecular complexity index is 215. The van der Waals surface area contributed by atoms with E-state index in [0.717, 1.165) is 25.9 Å². The van der Waals surface area contributed by atoms with E-state index in [1.165, 1.54) is 32.4 Å². The minimum absolute atomic E-state index is 0.189. The van der Waals surface area contributed by atoms with Crippen LogP contribution >= 0.6 is 0 Å². The van der Waals surface area contributed by atoms with E-state index in [9.17, 15) is 4.79 Å². The number of nitrogens with one attached hydrogen (secondary N) is 1. The van der Waals surface area contributed by atoms with Gasteiger partial charge in [-0.15, -0.1) is 0 Å². The van der Waals surface area contributed by atoms with Gasteiger partial charge in [-0.05, 0) is 52.2 Å². The molecule has 17 heavy (non-hydrogen) atoms. The summed E-state index contributed by atoms with van der Waals surface area (Å²) in [4.78, 5) is 13.1. The third-order valence-electron chi connectivity index (χ3n) is 3.32. The summed E-state index contributed by atoms with van der Waals surface area (Å²) in [6.07, 6.45) is 6.55. The topological polar surface area (TPSA) is 58.4 Å². The molecule has 0 saturated carbocycles. The number of likely N-dealkylation sites (tertiary alicyclic amines) is 1. The summed E-state index contributed by atoms with van der Waals surface area (Å²) in [5.41, 5.74) is 5.09. The van der Waals surface area contributed by atoms with E-state index in [4.69, 9.17) is 5.73 Å². The van der Waals surface area contributed by atoms with E-state index >= 15 is 0 Å². The number of hydrogen-bond acceptors (Lipinski definition) is 3. The molecule has 0 bridgehead atoms. The zero-order chi connectivity index (χ0) is 12.5. The molecule has 0 spiro atoms. The maximum Gasteiger partial charge on any atom is 0.217 e. The molecule has 1 fully saturated rings. The maximum absolute atomic E-state index is 10.6. The van der Waals surface area contributed by atoms with Crippen LogP contribution in [0.25, 0.3) is 0 Å². The van der Waals surface area contributed by atoms with Crippen molar-refractivity contribution < 1.29 is 4.79 Å². The zero-order valence-electron chi connectivity index (χ0n) is 11.1. The Kier molecular flexibility index (Phi) is 7.21. The minimum atomic E-state index is -0.189. The Morgan fingerprint density at radius 1 is 1.29 bits per heavy atom. The second kappa shape index (κ2) is 8.48. The molecule has 1 rings (SSSR count). The van der Waals surface area contributed by atoms with Crippen LogP contribution < -0.4 is 11.1 Å². The Hall–Kier alpha value is -0.610. The van der Waals surface area contributed by atoms with Gasteiger partial charge in [-0.25, -0.2) is 0 Å². The van der Waals surface area contributed by atoms with E-state index in [1.54, 1.807) is 0 Å². The van der Waals surface area contributed by atoms with Gasteiger partial charge in [0.15, 0.2) is 0 Å². The van der Waals surface area contributed by atoms with E-state index in [-0.39, 0.29) is 5.91 Å². The molecular weight excluding hydrogens is 214 g/mol. The lowest BCUT2D eigenvalue weighted by molar-refractivity contribution is -0.118. The van der Waals surface area contributed by atoms with Gasteiger partial charge in [0, 0.05) is 19.0 Å². The predicted molar refractivity (Wildman–Crippen MR) is 70.8 cm³/mol. The molecule has 0 aliphatic carbocycles. The molecule has 0 aromatic carbocycles. The van der Waals surface area contributed by atoms with E-state index < -0.39 is 0 Å². The molecular formula is C13H27N3O. The molecule has 1 saturated heterocycles. The largest absolute Gasteiger partial charge is 0.370 e. The molecule has 0 aromatic rings. The second-order valence-electron chi connectivity index (χ2n) is 5.14. The van der Waals surface area contributed by atoms with Gasteiger partial charge in [-0.3, -0.25) is 4.79 Å². The van der Waals surface area contributed by atoms with Crippen LogP contribution in [-0.2, 0) is 4.79 Å². The van der Waals surface area contributed by atoms with Gasteiger partial charge in [0.2, 0.25) is 5.91 Å². The molecule has 1 aliphatic heterocycles. The summed E-state index contributed by atoms with van der Waals surface area (Å²) in [5.74, 6) is -0.189. The Morgan fingerprint density at radius 3 is 2.65 bits per heavy atom. The van der Waals surface area contributed by atoms with Gasteiger partial charge in [0.25, 0.3) is 0 Å². The van der Waals surface area contributed by atoms with Crippen molar-refractivity contribution in [2.75, 3.05) is 26.2 Å². The number of nitrogens with two attached hydrogens (primary N) is 1. The van der Waals surface area contributed by atoms with Crippen LogP contribution in [0.5, 0.6) is 0 Å². The molecule has 1 atom stereocenters. The van der Waals surface area contributed by atoms with Crippen LogP contribution in [0, 0.1) is 0 Å². The highest BCUT2D eigenvalue weighted by molar-refractivity contribution is 5.73. The lowest BCUT2D eigenvalue weighted by atomic mass is 10.1. The molecule has 0 aromatic heterocycles. The number of primary amides is 1. The fraction of sp³-hybridized carbons (Fsp3) is 0.923. The van der Waals surface area contributed by atoms with Crippen molar-refractivity contribution in [3.63, 3.8) is 0 Å². The molecule has 4 heteroatoms. The van der Waals surface area contributed by atoms with Gasteiger partial charge in [0.05, 0.1) is 0 Å². The fourth-order valence-corrected chi connectivity index (χ4v) is 2.37. The van der Waals surface area contributed by atoms with E-state index in [0.29, 0.717) is 12.5 Å². The first-order valence-corrected chi connectivity index (χ1v) is 6.92. The van der Waals surface area contributed by atoms with Gasteiger partial charge in [0.1, 0.15) is 0 Å². The van der Waals surface area contributed by atoms with Crippen molar-refractivity contribution in [1.29, 1.82) is 0 Å². The predicted octanol–water partition coefficient (Wildman–Crippen LogP) is 1.11. The Morgan fingerprint density at radius 2 is 2.00 bits per heavy atom. The summed E-state index contributed by atoms with van der Waals surface area (Å²) in [7, 11) is 0. The first kappa shape index (κ1) is 14.5. The minimum Gasteiger partial charge on any atom is -0.370 e. The maximum atomic E-state index is 10.6. The average Bonchev–Trinajstić information content (AvgIpc) is 2.29. The highest BCUT2D eigenvalue weighted by Crippen LogP contribution is 2.08. The molecule has 1 heterocycles. The quantitative estimate of drug-likeness (QED) is 0.626. The zero-order valence-corrected chi connectivity index (χ0v) is 11.1. The fourth-order valence-electron chi connectivity index (χ4n) is 2.37. The Balaban J connectivity index is 1.96. The third-order valence-corrected chi connectivity index (χ3v) is 3.32. The van der Waals surface area contributed by atoms with Gasteiger partial charge in [-0.1, -0.05) is 6.42 Å². The summed E-state index contributed by atoms with van der Waals surface area (Å²) >= 11 is 0. The van der Waals surface area contributed by atoms with Crippen molar-refractivity contribution in [1.82, 2.24) is 10.2 Å². The van der Waals surface area contributed by atoms with Crippen molar-refractivity contribution >= 4 is 5.91 Å². The van der Waals surface area contributed by atoms with E-state index in [2.05, 4.69) is 17.1 Å². The van der Waals surface area contributed by atoms with Crippen LogP contribution in [0.2, 0.25) is 0 Å². The number of amides is 1. The van der Waals surface area contributed by atoms with Gasteiger partial charge in [-0.2, -0.15) is 0 Å². The van der Waals surface area contributed by atoms with Crippen molar-refractivity contribution in [3.8, 4) is 0 Å². The number of carbonyl (C=O) groups is 1. The lowest BCUT2D eigenvalue weighted by Crippen LogP contribution is -2.41. The number of nitrogens with zero attached hydrogens (tertiary/aromatic N) is 1. The van der Waals surface area contributed by atoms with Crippen molar-refractivity contribution in [2.24, 2.45) is 5.73 Å². The normalized spacial score (nSPS) is 19.1. The smallest absolute Gasteiger partial charge is 0.217 e. The number of unbranched alkanes of at least 4 members (excludes halogenated alkanes) is 1. The Labute approximate surface area is 105 Å². The molecule has 1 unspecified atom stereocenters. The average molecular weight is 241 g/mol. The molecule has 1 aliphatic rings. The monoisotopic (exact) mass is 241 g/mol. The summed E-state index contributed by atoms with van der Waals surface area (Å²) in [6, 6.07) is 0.543. The number of rotatable bonds is 8. The van der Waals surface area contributed by atoms with E-state index in [1.807, 2.05) is 0 Å². The van der Waals surface area contributed by atoms with Gasteiger partial charge < -0.3 is 16.0 Å². The summed E-state index contributed by atoms with van der Waals surface area (Å²) in [5, 5.41) is 3.51. The molecule has 0 radical (unpaired) electrons. The lowest BCUT2D eigenvalue weighted by Gasteiger charge is -2.29. The standard InChI is InChI=1S/C13H27N3O/c1-12(11-16-9-5-2-6-10-16)15-8-4-3-7-13(14)17/h12,15H,2-11H2,1H3,(H2,14,17). The van der Waals surface area contributed by atoms with Crippen LogP contribution in [0.15, 0.2) is 0 Å². The van der Waals surface area contributed by atoms with Crippen molar-refractivity contribution in [2.45, 2.75) is 51.5 Å². The summed E-state index contributed by atoms with van der Waals surface area (Å²) < 4.78 is 0. The highest BCUT2D eigenvalue weighted by Gasteiger charge is 2.12. The SMILES string of the molecule is CC(CN1CCCCC1)NCCCCC(N)=O. The molecule has 4 nitrogen and oxygen atoms in total. The van der Waals surface area contributed by atoms with Crippen LogP contribution in [-0.4, -0.2) is 43.0 Å². The van der Waals surface area contributed by atoms with Crippen LogP contribution in [0.3, 0.4) is 0 Å². The first-order valence-electron chi connectivity index (χ1n) is 6.92. The van der Waals surface area contributed by atoms with Crippen molar-refractivity contribution in [3.05, 3.63) is 0 Å². The summed E-state index contributed by atoms with van der Waals surface area (Å²) in [6.45, 7) is 6.89. The number of piperidine rings is 1. The highest BCUT2D eigenvalue weighted by atomic mass is 16.1. The van der Waals surface area contributed by atoms with Crippen LogP contribution in [0.4, 0.5) is 0 Å². The molecule has 3 N–H and O–H groups in total. The second-order valence-corrected chi connectivity index (χ2v) is 5.14. The first-order chi connectivity index (χ1) is 8.18. The third kappa shape index (κ3) is 7.34. The molecule has 1 amide bonds. The van der Waals surface area contributed by atoms with Crippen LogP contribution in [0.1, 0.15) is 45.4 Å². The molecule has 100 valence electrons. The number of hydrogen-bond donors (Lipinski definition) is 2. The van der Waals surface area contributed by atoms with Gasteiger partial charge >= 0.3 is 0 Å².